The van der Waals surface area contributed by atoms with Crippen LogP contribution in [0.2, 0.25) is 10.0 Å². The Balaban J connectivity index is 0.00000320. The quantitative estimate of drug-likeness (QED) is 0.316. The number of halogens is 3. The van der Waals surface area contributed by atoms with Crippen LogP contribution in [0.1, 0.15) is 37.5 Å². The first-order chi connectivity index (χ1) is 13.8. The zero-order valence-corrected chi connectivity index (χ0v) is 21.5. The molecule has 1 aromatic heterocycles. The van der Waals surface area contributed by atoms with Gasteiger partial charge < -0.3 is 15.4 Å². The van der Waals surface area contributed by atoms with Crippen molar-refractivity contribution in [2.45, 2.75) is 51.3 Å². The number of aromatic nitrogens is 3. The van der Waals surface area contributed by atoms with E-state index in [1.807, 2.05) is 22.9 Å². The van der Waals surface area contributed by atoms with E-state index < -0.39 is 0 Å². The van der Waals surface area contributed by atoms with Crippen molar-refractivity contribution < 1.29 is 4.74 Å². The second-order valence-corrected chi connectivity index (χ2v) is 8.66. The van der Waals surface area contributed by atoms with Gasteiger partial charge in [0.1, 0.15) is 12.4 Å². The molecule has 1 aliphatic heterocycles. The molecule has 0 aliphatic carbocycles. The highest BCUT2D eigenvalue weighted by Crippen LogP contribution is 2.35. The Morgan fingerprint density at radius 1 is 1.33 bits per heavy atom. The van der Waals surface area contributed by atoms with Crippen LogP contribution in [0, 0.1) is 0 Å². The lowest BCUT2D eigenvalue weighted by atomic mass is 9.84. The van der Waals surface area contributed by atoms with E-state index in [4.69, 9.17) is 27.9 Å². The van der Waals surface area contributed by atoms with Crippen molar-refractivity contribution >= 4 is 53.1 Å². The fraction of sp³-hybridized carbons (Fsp3) is 0.550. The molecule has 30 heavy (non-hydrogen) atoms. The first kappa shape index (κ1) is 25.2. The molecular formula is C20H29Cl2IN6O. The van der Waals surface area contributed by atoms with Gasteiger partial charge in [-0.3, -0.25) is 4.99 Å². The van der Waals surface area contributed by atoms with Crippen molar-refractivity contribution in [2.24, 2.45) is 4.99 Å². The van der Waals surface area contributed by atoms with Crippen LogP contribution in [0.4, 0.5) is 0 Å². The van der Waals surface area contributed by atoms with E-state index in [9.17, 15) is 0 Å². The second kappa shape index (κ2) is 11.0. The van der Waals surface area contributed by atoms with Crippen molar-refractivity contribution in [3.8, 4) is 0 Å². The van der Waals surface area contributed by atoms with Gasteiger partial charge in [-0.05, 0) is 24.1 Å². The topological polar surface area (TPSA) is 76.4 Å². The number of guanidine groups is 1. The molecule has 2 aromatic rings. The Morgan fingerprint density at radius 3 is 2.67 bits per heavy atom. The summed E-state index contributed by atoms with van der Waals surface area (Å²) in [5, 5.41) is 12.8. The number of fused-ring (bicyclic) bond motifs is 1. The normalized spacial score (nSPS) is 16.6. The Hall–Kier alpha value is -1.10. The molecule has 7 nitrogen and oxygen atoms in total. The zero-order chi connectivity index (χ0) is 21.0. The van der Waals surface area contributed by atoms with Gasteiger partial charge in [0.2, 0.25) is 0 Å². The third kappa shape index (κ3) is 5.99. The Labute approximate surface area is 205 Å². The minimum atomic E-state index is -0.270. The van der Waals surface area contributed by atoms with Crippen LogP contribution in [0.15, 0.2) is 23.2 Å². The lowest BCUT2D eigenvalue weighted by molar-refractivity contribution is 0.177. The summed E-state index contributed by atoms with van der Waals surface area (Å²) < 4.78 is 7.08. The zero-order valence-electron chi connectivity index (χ0n) is 17.7. The van der Waals surface area contributed by atoms with Crippen LogP contribution >= 0.6 is 47.2 Å². The summed E-state index contributed by atoms with van der Waals surface area (Å²) in [6.45, 7) is 6.03. The molecule has 0 saturated carbocycles. The molecule has 0 radical (unpaired) electrons. The standard InChI is InChI=1S/C20H28Cl2N6O.HI/c1-20(2,18-14(21)6-5-7-15(18)22)12-24-19(23-3)25-13-8-9-17-26-16(11-29-4)27-28(17)10-13;/h5-7,13H,8-12H2,1-4H3,(H2,23,24,25);1H. The fourth-order valence-corrected chi connectivity index (χ4v) is 4.50. The molecule has 0 saturated heterocycles. The Kier molecular flexibility index (Phi) is 9.20. The van der Waals surface area contributed by atoms with E-state index in [-0.39, 0.29) is 35.4 Å². The van der Waals surface area contributed by atoms with Crippen molar-refractivity contribution in [3.05, 3.63) is 45.5 Å². The van der Waals surface area contributed by atoms with Gasteiger partial charge in [0.05, 0.1) is 6.54 Å². The van der Waals surface area contributed by atoms with Gasteiger partial charge in [-0.25, -0.2) is 9.67 Å². The van der Waals surface area contributed by atoms with Crippen LogP contribution < -0.4 is 10.6 Å². The van der Waals surface area contributed by atoms with Gasteiger partial charge >= 0.3 is 0 Å². The van der Waals surface area contributed by atoms with Crippen LogP contribution in [-0.4, -0.2) is 47.5 Å². The molecule has 2 N–H and O–H groups in total. The summed E-state index contributed by atoms with van der Waals surface area (Å²) in [5.74, 6) is 2.48. The van der Waals surface area contributed by atoms with E-state index in [0.717, 1.165) is 42.6 Å². The van der Waals surface area contributed by atoms with E-state index in [1.54, 1.807) is 14.2 Å². The number of benzene rings is 1. The molecule has 0 spiro atoms. The van der Waals surface area contributed by atoms with Crippen LogP contribution in [0.25, 0.3) is 0 Å². The number of aryl methyl sites for hydroxylation is 1. The van der Waals surface area contributed by atoms with Crippen molar-refractivity contribution in [2.75, 3.05) is 20.7 Å². The van der Waals surface area contributed by atoms with Crippen LogP contribution in [0.5, 0.6) is 0 Å². The number of ether oxygens (including phenoxy) is 1. The largest absolute Gasteiger partial charge is 0.377 e. The predicted octanol–water partition coefficient (Wildman–Crippen LogP) is 3.81. The third-order valence-electron chi connectivity index (χ3n) is 5.08. The fourth-order valence-electron chi connectivity index (χ4n) is 3.59. The highest BCUT2D eigenvalue weighted by atomic mass is 127. The number of rotatable bonds is 6. The van der Waals surface area contributed by atoms with Crippen LogP contribution in [-0.2, 0) is 29.7 Å². The molecule has 1 aromatic carbocycles. The first-order valence-corrected chi connectivity index (χ1v) is 10.4. The number of hydrogen-bond donors (Lipinski definition) is 2. The van der Waals surface area contributed by atoms with Gasteiger partial charge in [0, 0.05) is 48.6 Å². The maximum absolute atomic E-state index is 6.41. The average Bonchev–Trinajstić information content (AvgIpc) is 3.06. The molecule has 3 rings (SSSR count). The van der Waals surface area contributed by atoms with Gasteiger partial charge in [0.15, 0.2) is 11.8 Å². The number of nitrogens with zero attached hydrogens (tertiary/aromatic N) is 4. The average molecular weight is 567 g/mol. The molecule has 1 atom stereocenters. The number of hydrogen-bond acceptors (Lipinski definition) is 4. The SMILES string of the molecule is CN=C(NCC(C)(C)c1c(Cl)cccc1Cl)NC1CCc2nc(COC)nn2C1.I. The maximum Gasteiger partial charge on any atom is 0.191 e. The predicted molar refractivity (Wildman–Crippen MR) is 132 cm³/mol. The highest BCUT2D eigenvalue weighted by molar-refractivity contribution is 14.0. The Bertz CT molecular complexity index is 866. The first-order valence-electron chi connectivity index (χ1n) is 9.67. The summed E-state index contributed by atoms with van der Waals surface area (Å²) in [7, 11) is 3.42. The molecule has 10 heteroatoms. The number of aliphatic imine (C=N–C) groups is 1. The third-order valence-corrected chi connectivity index (χ3v) is 5.71. The van der Waals surface area contributed by atoms with Crippen molar-refractivity contribution in [1.29, 1.82) is 0 Å². The van der Waals surface area contributed by atoms with Gasteiger partial charge in [-0.15, -0.1) is 24.0 Å². The van der Waals surface area contributed by atoms with Crippen molar-refractivity contribution in [3.63, 3.8) is 0 Å². The molecule has 1 aliphatic rings. The summed E-state index contributed by atoms with van der Waals surface area (Å²) in [4.78, 5) is 8.90. The van der Waals surface area contributed by atoms with Gasteiger partial charge in [-0.2, -0.15) is 5.10 Å². The monoisotopic (exact) mass is 566 g/mol. The molecule has 0 fully saturated rings. The lowest BCUT2D eigenvalue weighted by Gasteiger charge is -2.30. The molecule has 0 bridgehead atoms. The second-order valence-electron chi connectivity index (χ2n) is 7.85. The van der Waals surface area contributed by atoms with Gasteiger partial charge in [0.25, 0.3) is 0 Å². The number of methoxy groups -OCH3 is 1. The highest BCUT2D eigenvalue weighted by Gasteiger charge is 2.27. The van der Waals surface area contributed by atoms with Crippen LogP contribution in [0.3, 0.4) is 0 Å². The molecule has 2 heterocycles. The van der Waals surface area contributed by atoms with Gasteiger partial charge in [-0.1, -0.05) is 43.1 Å². The summed E-state index contributed by atoms with van der Waals surface area (Å²) in [6.07, 6.45) is 1.83. The van der Waals surface area contributed by atoms with E-state index >= 15 is 0 Å². The maximum atomic E-state index is 6.41. The summed E-state index contributed by atoms with van der Waals surface area (Å²) >= 11 is 12.8. The minimum absolute atomic E-state index is 0. The lowest BCUT2D eigenvalue weighted by Crippen LogP contribution is -2.49. The van der Waals surface area contributed by atoms with E-state index in [0.29, 0.717) is 23.2 Å². The smallest absolute Gasteiger partial charge is 0.191 e. The minimum Gasteiger partial charge on any atom is -0.377 e. The Morgan fingerprint density at radius 2 is 2.03 bits per heavy atom. The van der Waals surface area contributed by atoms with E-state index in [2.05, 4.69) is 39.6 Å². The molecule has 0 amide bonds. The molecular weight excluding hydrogens is 538 g/mol. The summed E-state index contributed by atoms with van der Waals surface area (Å²) in [5.41, 5.74) is 0.662. The van der Waals surface area contributed by atoms with Crippen molar-refractivity contribution in [1.82, 2.24) is 25.4 Å². The number of nitrogens with one attached hydrogen (secondary N) is 2. The molecule has 1 unspecified atom stereocenters. The van der Waals surface area contributed by atoms with E-state index in [1.165, 1.54) is 0 Å². The molecule has 166 valence electrons. The summed E-state index contributed by atoms with van der Waals surface area (Å²) in [6, 6.07) is 5.82.